The Balaban J connectivity index is 0.00000162. The number of ether oxygens (including phenoxy) is 1. The third-order valence-corrected chi connectivity index (χ3v) is 4.28. The van der Waals surface area contributed by atoms with Gasteiger partial charge in [0.25, 0.3) is 0 Å². The summed E-state index contributed by atoms with van der Waals surface area (Å²) in [5.74, 6) is 0. The van der Waals surface area contributed by atoms with Gasteiger partial charge in [-0.05, 0) is 32.7 Å². The molecule has 108 valence electrons. The molecule has 2 fully saturated rings. The van der Waals surface area contributed by atoms with Crippen molar-refractivity contribution in [3.05, 3.63) is 0 Å². The van der Waals surface area contributed by atoms with Gasteiger partial charge in [0.05, 0.1) is 6.61 Å². The molecule has 0 amide bonds. The van der Waals surface area contributed by atoms with E-state index in [1.54, 1.807) is 7.11 Å². The summed E-state index contributed by atoms with van der Waals surface area (Å²) in [4.78, 5) is 2.56. The van der Waals surface area contributed by atoms with Crippen molar-refractivity contribution in [1.82, 2.24) is 10.2 Å². The van der Waals surface area contributed by atoms with Crippen molar-refractivity contribution in [2.24, 2.45) is 5.41 Å². The van der Waals surface area contributed by atoms with Crippen LogP contribution >= 0.6 is 12.4 Å². The van der Waals surface area contributed by atoms with E-state index in [2.05, 4.69) is 31.1 Å². The molecule has 2 atom stereocenters. The quantitative estimate of drug-likeness (QED) is 0.834. The van der Waals surface area contributed by atoms with Crippen LogP contribution in [0, 0.1) is 5.41 Å². The predicted molar refractivity (Wildman–Crippen MR) is 78.5 cm³/mol. The van der Waals surface area contributed by atoms with Gasteiger partial charge in [0.2, 0.25) is 0 Å². The van der Waals surface area contributed by atoms with Gasteiger partial charge in [-0.3, -0.25) is 0 Å². The van der Waals surface area contributed by atoms with Crippen LogP contribution in [-0.4, -0.2) is 50.3 Å². The van der Waals surface area contributed by atoms with Crippen LogP contribution in [0.4, 0.5) is 0 Å². The number of hydrogen-bond donors (Lipinski definition) is 1. The molecule has 4 heteroatoms. The molecule has 2 rings (SSSR count). The Morgan fingerprint density at radius 3 is 2.28 bits per heavy atom. The Morgan fingerprint density at radius 1 is 1.22 bits per heavy atom. The lowest BCUT2D eigenvalue weighted by molar-refractivity contribution is 0.0549. The fourth-order valence-electron chi connectivity index (χ4n) is 3.63. The van der Waals surface area contributed by atoms with E-state index in [-0.39, 0.29) is 17.8 Å². The average molecular weight is 277 g/mol. The molecule has 2 unspecified atom stereocenters. The fourth-order valence-corrected chi connectivity index (χ4v) is 3.63. The molecule has 2 saturated heterocycles. The zero-order valence-corrected chi connectivity index (χ0v) is 13.1. The zero-order chi connectivity index (χ0) is 12.5. The molecule has 0 aromatic rings. The monoisotopic (exact) mass is 276 g/mol. The number of piperidine rings is 1. The van der Waals surface area contributed by atoms with Gasteiger partial charge in [0.1, 0.15) is 0 Å². The Hall–Kier alpha value is 0.170. The van der Waals surface area contributed by atoms with Gasteiger partial charge in [-0.25, -0.2) is 0 Å². The van der Waals surface area contributed by atoms with E-state index in [1.807, 2.05) is 0 Å². The van der Waals surface area contributed by atoms with E-state index in [0.717, 1.165) is 31.3 Å². The second-order valence-electron chi connectivity index (χ2n) is 6.78. The van der Waals surface area contributed by atoms with Crippen LogP contribution in [0.3, 0.4) is 0 Å². The van der Waals surface area contributed by atoms with Gasteiger partial charge in [0.15, 0.2) is 0 Å². The molecule has 0 radical (unpaired) electrons. The summed E-state index contributed by atoms with van der Waals surface area (Å²) in [6, 6.07) is 2.34. The van der Waals surface area contributed by atoms with Crippen molar-refractivity contribution in [2.45, 2.75) is 57.7 Å². The molecule has 2 heterocycles. The molecule has 2 bridgehead atoms. The molecule has 1 N–H and O–H groups in total. The molecule has 0 aliphatic carbocycles. The summed E-state index contributed by atoms with van der Waals surface area (Å²) in [6.07, 6.45) is 5.43. The van der Waals surface area contributed by atoms with Crippen LogP contribution in [0.5, 0.6) is 0 Å². The highest BCUT2D eigenvalue weighted by Gasteiger charge is 2.36. The van der Waals surface area contributed by atoms with Gasteiger partial charge in [-0.15, -0.1) is 12.4 Å². The SMILES string of the molecule is COCC(C)(C)CN(C)C1CC2CCC(C1)N2.Cl. The molecule has 0 aromatic heterocycles. The first-order valence-electron chi connectivity index (χ1n) is 6.95. The van der Waals surface area contributed by atoms with E-state index in [1.165, 1.54) is 25.7 Å². The largest absolute Gasteiger partial charge is 0.384 e. The van der Waals surface area contributed by atoms with Crippen molar-refractivity contribution >= 4 is 12.4 Å². The topological polar surface area (TPSA) is 24.5 Å². The second kappa shape index (κ2) is 6.56. The maximum Gasteiger partial charge on any atom is 0.0525 e. The highest BCUT2D eigenvalue weighted by atomic mass is 35.5. The number of rotatable bonds is 5. The molecular formula is C14H29ClN2O. The summed E-state index contributed by atoms with van der Waals surface area (Å²) in [6.45, 7) is 6.56. The Morgan fingerprint density at radius 2 is 1.78 bits per heavy atom. The van der Waals surface area contributed by atoms with E-state index in [4.69, 9.17) is 4.74 Å². The fraction of sp³-hybridized carbons (Fsp3) is 1.00. The van der Waals surface area contributed by atoms with Gasteiger partial charge in [0, 0.05) is 37.2 Å². The van der Waals surface area contributed by atoms with Crippen molar-refractivity contribution in [3.63, 3.8) is 0 Å². The lowest BCUT2D eigenvalue weighted by Crippen LogP contribution is -2.49. The van der Waals surface area contributed by atoms with E-state index >= 15 is 0 Å². The van der Waals surface area contributed by atoms with E-state index in [0.29, 0.717) is 0 Å². The van der Waals surface area contributed by atoms with E-state index < -0.39 is 0 Å². The van der Waals surface area contributed by atoms with Crippen LogP contribution in [0.15, 0.2) is 0 Å². The minimum Gasteiger partial charge on any atom is -0.384 e. The molecule has 2 aliphatic rings. The Kier molecular flexibility index (Phi) is 5.91. The zero-order valence-electron chi connectivity index (χ0n) is 12.2. The molecule has 3 nitrogen and oxygen atoms in total. The Bertz CT molecular complexity index is 248. The highest BCUT2D eigenvalue weighted by molar-refractivity contribution is 5.85. The van der Waals surface area contributed by atoms with Crippen LogP contribution in [0.25, 0.3) is 0 Å². The standard InChI is InChI=1S/C14H28N2O.ClH/c1-14(2,10-17-4)9-16(3)13-7-11-5-6-12(8-13)15-11;/h11-13,15H,5-10H2,1-4H3;1H. The summed E-state index contributed by atoms with van der Waals surface area (Å²) >= 11 is 0. The third kappa shape index (κ3) is 4.09. The summed E-state index contributed by atoms with van der Waals surface area (Å²) in [7, 11) is 4.08. The summed E-state index contributed by atoms with van der Waals surface area (Å²) in [5.41, 5.74) is 0.257. The number of nitrogens with one attached hydrogen (secondary N) is 1. The predicted octanol–water partition coefficient (Wildman–Crippen LogP) is 2.30. The molecular weight excluding hydrogens is 248 g/mol. The van der Waals surface area contributed by atoms with E-state index in [9.17, 15) is 0 Å². The number of nitrogens with zero attached hydrogens (tertiary/aromatic N) is 1. The third-order valence-electron chi connectivity index (χ3n) is 4.28. The van der Waals surface area contributed by atoms with Crippen molar-refractivity contribution < 1.29 is 4.74 Å². The van der Waals surface area contributed by atoms with Gasteiger partial charge >= 0.3 is 0 Å². The molecule has 18 heavy (non-hydrogen) atoms. The summed E-state index contributed by atoms with van der Waals surface area (Å²) < 4.78 is 5.31. The first kappa shape index (κ1) is 16.2. The summed E-state index contributed by atoms with van der Waals surface area (Å²) in [5, 5.41) is 3.71. The number of fused-ring (bicyclic) bond motifs is 2. The Labute approximate surface area is 118 Å². The van der Waals surface area contributed by atoms with Crippen molar-refractivity contribution in [3.8, 4) is 0 Å². The minimum atomic E-state index is 0. The first-order chi connectivity index (χ1) is 8.00. The minimum absolute atomic E-state index is 0. The maximum atomic E-state index is 5.31. The highest BCUT2D eigenvalue weighted by Crippen LogP contribution is 2.30. The van der Waals surface area contributed by atoms with Crippen LogP contribution in [0.1, 0.15) is 39.5 Å². The van der Waals surface area contributed by atoms with Gasteiger partial charge in [-0.2, -0.15) is 0 Å². The molecule has 0 aromatic carbocycles. The maximum absolute atomic E-state index is 5.31. The lowest BCUT2D eigenvalue weighted by atomic mass is 9.91. The molecule has 2 aliphatic heterocycles. The number of halogens is 1. The number of hydrogen-bond acceptors (Lipinski definition) is 3. The number of methoxy groups -OCH3 is 1. The van der Waals surface area contributed by atoms with Crippen LogP contribution in [0.2, 0.25) is 0 Å². The van der Waals surface area contributed by atoms with Gasteiger partial charge in [-0.1, -0.05) is 13.8 Å². The second-order valence-corrected chi connectivity index (χ2v) is 6.78. The lowest BCUT2D eigenvalue weighted by Gasteiger charge is -2.39. The van der Waals surface area contributed by atoms with Crippen molar-refractivity contribution in [2.75, 3.05) is 27.3 Å². The van der Waals surface area contributed by atoms with Crippen molar-refractivity contribution in [1.29, 1.82) is 0 Å². The van der Waals surface area contributed by atoms with Crippen LogP contribution in [-0.2, 0) is 4.74 Å². The first-order valence-corrected chi connectivity index (χ1v) is 6.95. The molecule has 0 spiro atoms. The van der Waals surface area contributed by atoms with Gasteiger partial charge < -0.3 is 15.0 Å². The molecule has 0 saturated carbocycles. The normalized spacial score (nSPS) is 31.5. The average Bonchev–Trinajstić information content (AvgIpc) is 2.56. The van der Waals surface area contributed by atoms with Crippen LogP contribution < -0.4 is 5.32 Å². The smallest absolute Gasteiger partial charge is 0.0525 e.